The zero-order chi connectivity index (χ0) is 21.5. The van der Waals surface area contributed by atoms with Crippen molar-refractivity contribution >= 4 is 28.9 Å². The van der Waals surface area contributed by atoms with Crippen LogP contribution in [-0.4, -0.2) is 30.0 Å². The van der Waals surface area contributed by atoms with Gasteiger partial charge in [-0.1, -0.05) is 12.1 Å². The Morgan fingerprint density at radius 3 is 2.24 bits per heavy atom. The Morgan fingerprint density at radius 2 is 1.69 bits per heavy atom. The second kappa shape index (κ2) is 7.87. The van der Waals surface area contributed by atoms with Gasteiger partial charge in [-0.2, -0.15) is 0 Å². The Balaban J connectivity index is 2.23. The number of nitrogens with zero attached hydrogens (tertiary/aromatic N) is 2. The Labute approximate surface area is 172 Å². The van der Waals surface area contributed by atoms with Gasteiger partial charge in [0.05, 0.1) is 22.9 Å². The van der Waals surface area contributed by atoms with Gasteiger partial charge in [0.1, 0.15) is 17.5 Å². The molecule has 4 nitrogen and oxygen atoms in total. The number of thiocarbonyl (C=S) groups is 1. The van der Waals surface area contributed by atoms with Crippen molar-refractivity contribution in [2.45, 2.75) is 19.9 Å². The number of hydrogen-bond donors (Lipinski definition) is 1. The van der Waals surface area contributed by atoms with Crippen LogP contribution >= 0.6 is 12.2 Å². The van der Waals surface area contributed by atoms with Crippen LogP contribution in [0.25, 0.3) is 0 Å². The lowest BCUT2D eigenvalue weighted by Crippen LogP contribution is -2.49. The molecule has 0 saturated heterocycles. The Kier molecular flexibility index (Phi) is 5.66. The number of hydrogen-bond acceptors (Lipinski definition) is 2. The lowest BCUT2D eigenvalue weighted by molar-refractivity contribution is -0.125. The average molecular weight is 419 g/mol. The van der Waals surface area contributed by atoms with E-state index < -0.39 is 29.4 Å². The molecule has 1 aliphatic heterocycles. The molecule has 0 saturated carbocycles. The largest absolute Gasteiger partial charge is 0.351 e. The van der Waals surface area contributed by atoms with E-state index in [1.165, 1.54) is 21.9 Å². The normalized spacial score (nSPS) is 16.7. The van der Waals surface area contributed by atoms with Crippen molar-refractivity contribution in [1.82, 2.24) is 10.2 Å². The van der Waals surface area contributed by atoms with E-state index in [1.807, 2.05) is 0 Å². The first kappa shape index (κ1) is 20.9. The molecule has 0 spiro atoms. The summed E-state index contributed by atoms with van der Waals surface area (Å²) in [5, 5.41) is 2.97. The fraction of sp³-hybridized carbons (Fsp3) is 0.238. The minimum atomic E-state index is -1.12. The molecular formula is C21H20F3N3OS. The number of benzene rings is 2. The van der Waals surface area contributed by atoms with E-state index in [4.69, 9.17) is 12.2 Å². The van der Waals surface area contributed by atoms with Gasteiger partial charge in [-0.25, -0.2) is 13.2 Å². The molecule has 152 valence electrons. The van der Waals surface area contributed by atoms with Crippen LogP contribution in [-0.2, 0) is 4.79 Å². The van der Waals surface area contributed by atoms with Crippen molar-refractivity contribution in [3.63, 3.8) is 0 Å². The van der Waals surface area contributed by atoms with Gasteiger partial charge < -0.3 is 10.2 Å². The van der Waals surface area contributed by atoms with E-state index in [-0.39, 0.29) is 16.2 Å². The lowest BCUT2D eigenvalue weighted by Gasteiger charge is -2.38. The molecule has 3 rings (SSSR count). The monoisotopic (exact) mass is 419 g/mol. The number of likely N-dealkylation sites (N-methyl/N-ethyl adjacent to an activating group) is 1. The van der Waals surface area contributed by atoms with Crippen molar-refractivity contribution < 1.29 is 18.0 Å². The molecule has 0 fully saturated rings. The van der Waals surface area contributed by atoms with Crippen LogP contribution in [0.3, 0.4) is 0 Å². The van der Waals surface area contributed by atoms with Crippen molar-refractivity contribution in [2.24, 2.45) is 0 Å². The number of carbonyl (C=O) groups is 1. The number of aryl methyl sites for hydroxylation is 1. The maximum absolute atomic E-state index is 14.5. The molecule has 29 heavy (non-hydrogen) atoms. The highest BCUT2D eigenvalue weighted by molar-refractivity contribution is 7.80. The first-order valence-corrected chi connectivity index (χ1v) is 9.27. The highest BCUT2D eigenvalue weighted by Gasteiger charge is 2.37. The van der Waals surface area contributed by atoms with Crippen molar-refractivity contribution in [3.8, 4) is 0 Å². The molecule has 1 heterocycles. The molecule has 2 aromatic rings. The molecule has 0 aliphatic carbocycles. The lowest BCUT2D eigenvalue weighted by atomic mass is 9.93. The first-order valence-electron chi connectivity index (χ1n) is 8.86. The highest BCUT2D eigenvalue weighted by atomic mass is 32.1. The molecule has 0 unspecified atom stereocenters. The minimum Gasteiger partial charge on any atom is -0.351 e. The number of anilines is 1. The fourth-order valence-corrected chi connectivity index (χ4v) is 3.66. The van der Waals surface area contributed by atoms with Gasteiger partial charge in [-0.15, -0.1) is 0 Å². The molecule has 0 aromatic heterocycles. The molecule has 2 aromatic carbocycles. The van der Waals surface area contributed by atoms with E-state index in [9.17, 15) is 18.0 Å². The Bertz CT molecular complexity index is 1020. The zero-order valence-electron chi connectivity index (χ0n) is 16.4. The van der Waals surface area contributed by atoms with Crippen molar-refractivity contribution in [1.29, 1.82) is 0 Å². The van der Waals surface area contributed by atoms with Gasteiger partial charge in [-0.3, -0.25) is 9.69 Å². The van der Waals surface area contributed by atoms with Gasteiger partial charge in [0.15, 0.2) is 5.11 Å². The highest BCUT2D eigenvalue weighted by Crippen LogP contribution is 2.36. The number of amides is 1. The van der Waals surface area contributed by atoms with Crippen LogP contribution in [0.5, 0.6) is 0 Å². The summed E-state index contributed by atoms with van der Waals surface area (Å²) >= 11 is 5.42. The molecule has 1 atom stereocenters. The molecule has 1 amide bonds. The summed E-state index contributed by atoms with van der Waals surface area (Å²) in [6, 6.07) is 6.93. The van der Waals surface area contributed by atoms with Crippen LogP contribution in [0.2, 0.25) is 0 Å². The van der Waals surface area contributed by atoms with Gasteiger partial charge >= 0.3 is 0 Å². The third-order valence-electron chi connectivity index (χ3n) is 4.82. The van der Waals surface area contributed by atoms with Gasteiger partial charge in [0.25, 0.3) is 5.91 Å². The maximum Gasteiger partial charge on any atom is 0.253 e. The van der Waals surface area contributed by atoms with Crippen molar-refractivity contribution in [3.05, 3.63) is 76.2 Å². The summed E-state index contributed by atoms with van der Waals surface area (Å²) in [4.78, 5) is 15.8. The first-order chi connectivity index (χ1) is 13.6. The molecule has 0 bridgehead atoms. The number of allylic oxidation sites excluding steroid dienone is 1. The number of carbonyl (C=O) groups excluding carboxylic acids is 1. The summed E-state index contributed by atoms with van der Waals surface area (Å²) in [6.45, 7) is 3.25. The summed E-state index contributed by atoms with van der Waals surface area (Å²) in [5.74, 6) is -2.46. The summed E-state index contributed by atoms with van der Waals surface area (Å²) < 4.78 is 43.2. The van der Waals surface area contributed by atoms with E-state index >= 15 is 0 Å². The van der Waals surface area contributed by atoms with Gasteiger partial charge in [0, 0.05) is 19.8 Å². The number of halogens is 3. The molecule has 0 radical (unpaired) electrons. The quantitative estimate of drug-likeness (QED) is 0.756. The third kappa shape index (κ3) is 3.72. The summed E-state index contributed by atoms with van der Waals surface area (Å²) in [5.41, 5.74) is 1.05. The zero-order valence-corrected chi connectivity index (χ0v) is 17.2. The fourth-order valence-electron chi connectivity index (χ4n) is 3.30. The number of nitrogens with one attached hydrogen (secondary N) is 1. The van der Waals surface area contributed by atoms with E-state index in [2.05, 4.69) is 5.32 Å². The predicted octanol–water partition coefficient (Wildman–Crippen LogP) is 4.21. The molecule has 8 heteroatoms. The topological polar surface area (TPSA) is 35.6 Å². The van der Waals surface area contributed by atoms with Crippen LogP contribution in [0.1, 0.15) is 24.1 Å². The summed E-state index contributed by atoms with van der Waals surface area (Å²) in [7, 11) is 3.08. The predicted molar refractivity (Wildman–Crippen MR) is 110 cm³/mol. The van der Waals surface area contributed by atoms with Crippen molar-refractivity contribution in [2.75, 3.05) is 19.0 Å². The summed E-state index contributed by atoms with van der Waals surface area (Å²) in [6.07, 6.45) is 0. The minimum absolute atomic E-state index is 0.105. The van der Waals surface area contributed by atoms with Crippen LogP contribution in [0.15, 0.2) is 47.7 Å². The second-order valence-electron chi connectivity index (χ2n) is 6.99. The van der Waals surface area contributed by atoms with E-state index in [0.29, 0.717) is 16.9 Å². The van der Waals surface area contributed by atoms with Crippen LogP contribution in [0, 0.1) is 24.4 Å². The Morgan fingerprint density at radius 1 is 1.07 bits per heavy atom. The molecule has 1 aliphatic rings. The van der Waals surface area contributed by atoms with Gasteiger partial charge in [0.2, 0.25) is 0 Å². The smallest absolute Gasteiger partial charge is 0.253 e. The van der Waals surface area contributed by atoms with E-state index in [0.717, 1.165) is 12.1 Å². The van der Waals surface area contributed by atoms with E-state index in [1.54, 1.807) is 40.1 Å². The maximum atomic E-state index is 14.5. The Hall–Kier alpha value is -2.87. The van der Waals surface area contributed by atoms with Crippen LogP contribution < -0.4 is 10.2 Å². The molecule has 1 N–H and O–H groups in total. The SMILES string of the molecule is CC1=C(C(=O)N(C)C)[C@H](c2c(F)cccc2F)NC(=S)N1c1ccc(C)c(F)c1. The third-order valence-corrected chi connectivity index (χ3v) is 5.12. The van der Waals surface area contributed by atoms with Crippen LogP contribution in [0.4, 0.5) is 18.9 Å². The average Bonchev–Trinajstić information content (AvgIpc) is 2.64. The van der Waals surface area contributed by atoms with Gasteiger partial charge in [-0.05, 0) is 55.9 Å². The number of rotatable bonds is 3. The second-order valence-corrected chi connectivity index (χ2v) is 7.37. The standard InChI is InChI=1S/C21H20F3N3OS/c1-11-8-9-13(10-16(11)24)27-12(2)17(20(28)26(3)4)19(25-21(27)29)18-14(22)6-5-7-15(18)23/h5-10,19H,1-4H3,(H,25,29)/t19-/m1/s1. The molecular weight excluding hydrogens is 399 g/mol.